The minimum atomic E-state index is -0.842. The van der Waals surface area contributed by atoms with E-state index >= 15 is 0 Å². The Labute approximate surface area is 130 Å². The second kappa shape index (κ2) is 6.14. The van der Waals surface area contributed by atoms with E-state index in [1.54, 1.807) is 6.07 Å². The second-order valence-corrected chi connectivity index (χ2v) is 6.30. The van der Waals surface area contributed by atoms with Crippen molar-refractivity contribution in [1.82, 2.24) is 0 Å². The number of rotatable bonds is 4. The van der Waals surface area contributed by atoms with Gasteiger partial charge in [0.2, 0.25) is 0 Å². The smallest absolute Gasteiger partial charge is 0.304 e. The SMILES string of the molecule is CCc1c2c(cc(Cl)c1C(C)(C)CC(=O)O)OCCCO2. The molecule has 21 heavy (non-hydrogen) atoms. The average Bonchev–Trinajstić information content (AvgIpc) is 2.60. The standard InChI is InChI=1S/C16H21ClO4/c1-4-10-14(16(2,3)9-13(18)19)11(17)8-12-15(10)21-7-5-6-20-12/h8H,4-7,9H2,1-3H3,(H,18,19). The molecule has 0 aromatic heterocycles. The summed E-state index contributed by atoms with van der Waals surface area (Å²) in [4.78, 5) is 11.1. The summed E-state index contributed by atoms with van der Waals surface area (Å²) in [6.45, 7) is 7.00. The van der Waals surface area contributed by atoms with E-state index in [1.165, 1.54) is 0 Å². The normalized spacial score (nSPS) is 14.7. The maximum Gasteiger partial charge on any atom is 0.304 e. The molecule has 1 N–H and O–H groups in total. The number of aliphatic carboxylic acids is 1. The first-order valence-corrected chi connectivity index (χ1v) is 7.58. The molecule has 1 aromatic carbocycles. The number of hydrogen-bond donors (Lipinski definition) is 1. The number of carboxylic acids is 1. The number of halogens is 1. The molecular formula is C16H21ClO4. The second-order valence-electron chi connectivity index (χ2n) is 5.90. The van der Waals surface area contributed by atoms with Crippen LogP contribution in [0.2, 0.25) is 5.02 Å². The molecule has 0 atom stereocenters. The van der Waals surface area contributed by atoms with Crippen LogP contribution in [-0.4, -0.2) is 24.3 Å². The van der Waals surface area contributed by atoms with Gasteiger partial charge in [0.15, 0.2) is 11.5 Å². The maximum atomic E-state index is 11.1. The van der Waals surface area contributed by atoms with Gasteiger partial charge in [-0.1, -0.05) is 32.4 Å². The van der Waals surface area contributed by atoms with Crippen molar-refractivity contribution in [2.24, 2.45) is 0 Å². The van der Waals surface area contributed by atoms with Crippen LogP contribution < -0.4 is 9.47 Å². The fourth-order valence-corrected chi connectivity index (χ4v) is 3.34. The van der Waals surface area contributed by atoms with E-state index in [2.05, 4.69) is 0 Å². The third-order valence-corrected chi connectivity index (χ3v) is 4.01. The number of carboxylic acid groups (broad SMARTS) is 1. The zero-order chi connectivity index (χ0) is 15.6. The molecule has 0 saturated heterocycles. The molecule has 0 bridgehead atoms. The van der Waals surface area contributed by atoms with E-state index in [1.807, 2.05) is 20.8 Å². The Morgan fingerprint density at radius 1 is 1.38 bits per heavy atom. The molecule has 0 spiro atoms. The summed E-state index contributed by atoms with van der Waals surface area (Å²) >= 11 is 6.44. The molecule has 1 aromatic rings. The molecule has 0 fully saturated rings. The third kappa shape index (κ3) is 3.26. The fraction of sp³-hybridized carbons (Fsp3) is 0.562. The van der Waals surface area contributed by atoms with Crippen LogP contribution in [-0.2, 0) is 16.6 Å². The summed E-state index contributed by atoms with van der Waals surface area (Å²) in [7, 11) is 0. The molecule has 2 rings (SSSR count). The Balaban J connectivity index is 2.60. The van der Waals surface area contributed by atoms with E-state index in [4.69, 9.17) is 26.2 Å². The zero-order valence-corrected chi connectivity index (χ0v) is 13.4. The molecule has 116 valence electrons. The number of fused-ring (bicyclic) bond motifs is 1. The minimum absolute atomic E-state index is 0.0133. The first kappa shape index (κ1) is 16.0. The van der Waals surface area contributed by atoms with Crippen molar-refractivity contribution in [2.45, 2.75) is 45.4 Å². The van der Waals surface area contributed by atoms with Gasteiger partial charge in [0.1, 0.15) is 0 Å². The van der Waals surface area contributed by atoms with Crippen LogP contribution in [0.1, 0.15) is 44.7 Å². The number of benzene rings is 1. The lowest BCUT2D eigenvalue weighted by molar-refractivity contribution is -0.138. The van der Waals surface area contributed by atoms with Crippen molar-refractivity contribution in [3.05, 3.63) is 22.2 Å². The third-order valence-electron chi connectivity index (χ3n) is 3.71. The quantitative estimate of drug-likeness (QED) is 0.918. The first-order valence-electron chi connectivity index (χ1n) is 7.20. The summed E-state index contributed by atoms with van der Waals surface area (Å²) in [5, 5.41) is 9.69. The van der Waals surface area contributed by atoms with Gasteiger partial charge >= 0.3 is 5.97 Å². The van der Waals surface area contributed by atoms with Gasteiger partial charge in [-0.2, -0.15) is 0 Å². The van der Waals surface area contributed by atoms with Crippen molar-refractivity contribution in [3.63, 3.8) is 0 Å². The molecule has 1 aliphatic rings. The maximum absolute atomic E-state index is 11.1. The van der Waals surface area contributed by atoms with Crippen molar-refractivity contribution in [1.29, 1.82) is 0 Å². The highest BCUT2D eigenvalue weighted by atomic mass is 35.5. The van der Waals surface area contributed by atoms with Gasteiger partial charge in [-0.3, -0.25) is 4.79 Å². The lowest BCUT2D eigenvalue weighted by atomic mass is 9.78. The molecular weight excluding hydrogens is 292 g/mol. The number of carbonyl (C=O) groups is 1. The molecule has 0 amide bonds. The summed E-state index contributed by atoms with van der Waals surface area (Å²) in [5.74, 6) is 0.530. The highest BCUT2D eigenvalue weighted by Crippen LogP contribution is 2.45. The van der Waals surface area contributed by atoms with Crippen molar-refractivity contribution < 1.29 is 19.4 Å². The van der Waals surface area contributed by atoms with Gasteiger partial charge in [0.05, 0.1) is 19.6 Å². The van der Waals surface area contributed by atoms with Gasteiger partial charge in [-0.05, 0) is 12.0 Å². The lowest BCUT2D eigenvalue weighted by Crippen LogP contribution is -2.24. The van der Waals surface area contributed by atoms with Crippen LogP contribution >= 0.6 is 11.6 Å². The van der Waals surface area contributed by atoms with E-state index in [0.29, 0.717) is 36.2 Å². The van der Waals surface area contributed by atoms with Gasteiger partial charge in [-0.15, -0.1) is 0 Å². The van der Waals surface area contributed by atoms with Crippen molar-refractivity contribution in [3.8, 4) is 11.5 Å². The van der Waals surface area contributed by atoms with Gasteiger partial charge in [0.25, 0.3) is 0 Å². The Kier molecular flexibility index (Phi) is 4.67. The van der Waals surface area contributed by atoms with Crippen LogP contribution in [0.3, 0.4) is 0 Å². The van der Waals surface area contributed by atoms with Gasteiger partial charge in [-0.25, -0.2) is 0 Å². The van der Waals surface area contributed by atoms with Crippen LogP contribution in [0.25, 0.3) is 0 Å². The molecule has 0 aliphatic carbocycles. The monoisotopic (exact) mass is 312 g/mol. The summed E-state index contributed by atoms with van der Waals surface area (Å²) < 4.78 is 11.5. The molecule has 1 aliphatic heterocycles. The highest BCUT2D eigenvalue weighted by Gasteiger charge is 2.32. The van der Waals surface area contributed by atoms with E-state index in [9.17, 15) is 4.79 Å². The molecule has 0 radical (unpaired) electrons. The van der Waals surface area contributed by atoms with Gasteiger partial charge < -0.3 is 14.6 Å². The molecule has 0 saturated carbocycles. The Morgan fingerprint density at radius 2 is 2.05 bits per heavy atom. The largest absolute Gasteiger partial charge is 0.489 e. The average molecular weight is 313 g/mol. The van der Waals surface area contributed by atoms with Crippen LogP contribution in [0.5, 0.6) is 11.5 Å². The molecule has 5 heteroatoms. The highest BCUT2D eigenvalue weighted by molar-refractivity contribution is 6.31. The Bertz CT molecular complexity index is 552. The Morgan fingerprint density at radius 3 is 2.67 bits per heavy atom. The number of hydrogen-bond acceptors (Lipinski definition) is 3. The molecule has 4 nitrogen and oxygen atoms in total. The Hall–Kier alpha value is -1.42. The van der Waals surface area contributed by atoms with Crippen LogP contribution in [0, 0.1) is 0 Å². The van der Waals surface area contributed by atoms with E-state index in [-0.39, 0.29) is 6.42 Å². The van der Waals surface area contributed by atoms with Crippen molar-refractivity contribution >= 4 is 17.6 Å². The topological polar surface area (TPSA) is 55.8 Å². The molecule has 0 unspecified atom stereocenters. The summed E-state index contributed by atoms with van der Waals surface area (Å²) in [6, 6.07) is 1.75. The summed E-state index contributed by atoms with van der Waals surface area (Å²) in [5.41, 5.74) is 1.22. The zero-order valence-electron chi connectivity index (χ0n) is 12.7. The van der Waals surface area contributed by atoms with Crippen LogP contribution in [0.4, 0.5) is 0 Å². The predicted molar refractivity (Wildman–Crippen MR) is 81.7 cm³/mol. The van der Waals surface area contributed by atoms with Crippen LogP contribution in [0.15, 0.2) is 6.07 Å². The van der Waals surface area contributed by atoms with E-state index in [0.717, 1.165) is 17.5 Å². The molecule has 1 heterocycles. The minimum Gasteiger partial charge on any atom is -0.489 e. The lowest BCUT2D eigenvalue weighted by Gasteiger charge is -2.29. The predicted octanol–water partition coefficient (Wildman–Crippen LogP) is 3.82. The summed E-state index contributed by atoms with van der Waals surface area (Å²) in [6.07, 6.45) is 1.55. The number of ether oxygens (including phenoxy) is 2. The van der Waals surface area contributed by atoms with E-state index < -0.39 is 11.4 Å². The first-order chi connectivity index (χ1) is 9.86. The van der Waals surface area contributed by atoms with Crippen molar-refractivity contribution in [2.75, 3.05) is 13.2 Å². The fourth-order valence-electron chi connectivity index (χ4n) is 2.88. The van der Waals surface area contributed by atoms with Gasteiger partial charge in [0, 0.05) is 28.5 Å².